The average molecular weight is 476 g/mol. The minimum Gasteiger partial charge on any atom is -0.322 e. The number of anilines is 1. The number of nitrogens with zero attached hydrogens (tertiary/aromatic N) is 1. The molecule has 0 spiro atoms. The fourth-order valence-corrected chi connectivity index (χ4v) is 5.36. The van der Waals surface area contributed by atoms with Gasteiger partial charge in [0.05, 0.1) is 4.90 Å². The summed E-state index contributed by atoms with van der Waals surface area (Å²) in [7, 11) is -3.84. The van der Waals surface area contributed by atoms with Crippen LogP contribution in [0.4, 0.5) is 5.69 Å². The van der Waals surface area contributed by atoms with Gasteiger partial charge in [0.1, 0.15) is 6.04 Å². The molecular weight excluding hydrogens is 454 g/mol. The Morgan fingerprint density at radius 1 is 0.882 bits per heavy atom. The summed E-state index contributed by atoms with van der Waals surface area (Å²) < 4.78 is 28.4. The second kappa shape index (κ2) is 8.42. The fraction of sp³-hybridized carbons (Fsp3) is 0.160. The van der Waals surface area contributed by atoms with E-state index in [0.29, 0.717) is 16.8 Å². The Morgan fingerprint density at radius 3 is 2.29 bits per heavy atom. The van der Waals surface area contributed by atoms with E-state index in [1.807, 2.05) is 30.3 Å². The molecule has 1 unspecified atom stereocenters. The Bertz CT molecular complexity index is 1400. The molecule has 0 bridgehead atoms. The summed E-state index contributed by atoms with van der Waals surface area (Å²) in [5, 5.41) is 2.27. The van der Waals surface area contributed by atoms with Gasteiger partial charge >= 0.3 is 0 Å². The molecule has 172 valence electrons. The Morgan fingerprint density at radius 2 is 1.59 bits per heavy atom. The van der Waals surface area contributed by atoms with Crippen molar-refractivity contribution in [1.82, 2.24) is 10.2 Å². The molecule has 1 fully saturated rings. The maximum absolute atomic E-state index is 12.9. The lowest BCUT2D eigenvalue weighted by Gasteiger charge is -2.29. The van der Waals surface area contributed by atoms with Crippen LogP contribution in [0, 0.1) is 0 Å². The summed E-state index contributed by atoms with van der Waals surface area (Å²) in [6.07, 6.45) is 0.438. The minimum atomic E-state index is -3.84. The Hall–Kier alpha value is -3.98. The first-order valence-electron chi connectivity index (χ1n) is 10.8. The van der Waals surface area contributed by atoms with Crippen molar-refractivity contribution in [3.8, 4) is 11.1 Å². The first-order chi connectivity index (χ1) is 16.3. The lowest BCUT2D eigenvalue weighted by molar-refractivity contribution is -0.136. The van der Waals surface area contributed by atoms with Gasteiger partial charge in [0.15, 0.2) is 0 Å². The molecule has 1 saturated heterocycles. The zero-order valence-corrected chi connectivity index (χ0v) is 18.8. The third-order valence-corrected chi connectivity index (χ3v) is 7.44. The SMILES string of the molecule is O=C1CCC(N2Cc3cc(NS(=O)(=O)c4ccc(-c5ccccc5)cc4)ccc3C2=O)C(=O)N1. The molecular formula is C25H21N3O5S. The van der Waals surface area contributed by atoms with E-state index in [9.17, 15) is 22.8 Å². The van der Waals surface area contributed by atoms with E-state index in [1.165, 1.54) is 11.0 Å². The highest BCUT2D eigenvalue weighted by Gasteiger charge is 2.39. The molecule has 1 atom stereocenters. The Balaban J connectivity index is 1.33. The van der Waals surface area contributed by atoms with Gasteiger partial charge in [-0.1, -0.05) is 42.5 Å². The van der Waals surface area contributed by atoms with E-state index < -0.39 is 22.0 Å². The first-order valence-corrected chi connectivity index (χ1v) is 12.3. The van der Waals surface area contributed by atoms with Gasteiger partial charge in [-0.2, -0.15) is 0 Å². The molecule has 5 rings (SSSR count). The van der Waals surface area contributed by atoms with Gasteiger partial charge in [-0.25, -0.2) is 8.42 Å². The van der Waals surface area contributed by atoms with Gasteiger partial charge in [-0.3, -0.25) is 24.4 Å². The number of rotatable bonds is 5. The van der Waals surface area contributed by atoms with Crippen molar-refractivity contribution in [2.24, 2.45) is 0 Å². The quantitative estimate of drug-likeness (QED) is 0.551. The van der Waals surface area contributed by atoms with E-state index in [-0.39, 0.29) is 36.1 Å². The van der Waals surface area contributed by atoms with Crippen LogP contribution in [-0.2, 0) is 26.2 Å². The predicted octanol–water partition coefficient (Wildman–Crippen LogP) is 2.92. The molecule has 3 amide bonds. The monoisotopic (exact) mass is 475 g/mol. The molecule has 3 aromatic rings. The molecule has 9 heteroatoms. The molecule has 8 nitrogen and oxygen atoms in total. The van der Waals surface area contributed by atoms with Crippen LogP contribution in [0.2, 0.25) is 0 Å². The highest BCUT2D eigenvalue weighted by molar-refractivity contribution is 7.92. The van der Waals surface area contributed by atoms with Crippen LogP contribution in [-0.4, -0.2) is 37.1 Å². The molecule has 0 aromatic heterocycles. The van der Waals surface area contributed by atoms with Gasteiger partial charge < -0.3 is 4.90 Å². The van der Waals surface area contributed by atoms with E-state index in [2.05, 4.69) is 10.0 Å². The van der Waals surface area contributed by atoms with Crippen molar-refractivity contribution >= 4 is 33.4 Å². The van der Waals surface area contributed by atoms with E-state index in [4.69, 9.17) is 0 Å². The van der Waals surface area contributed by atoms with Crippen LogP contribution in [0.15, 0.2) is 77.7 Å². The van der Waals surface area contributed by atoms with Crippen molar-refractivity contribution in [1.29, 1.82) is 0 Å². The number of piperidine rings is 1. The van der Waals surface area contributed by atoms with Crippen molar-refractivity contribution in [2.45, 2.75) is 30.3 Å². The van der Waals surface area contributed by atoms with Crippen LogP contribution in [0.3, 0.4) is 0 Å². The number of hydrogen-bond acceptors (Lipinski definition) is 5. The summed E-state index contributed by atoms with van der Waals surface area (Å²) in [4.78, 5) is 38.0. The van der Waals surface area contributed by atoms with Crippen molar-refractivity contribution < 1.29 is 22.8 Å². The lowest BCUT2D eigenvalue weighted by Crippen LogP contribution is -2.52. The summed E-state index contributed by atoms with van der Waals surface area (Å²) in [5.74, 6) is -1.15. The maximum atomic E-state index is 12.9. The van der Waals surface area contributed by atoms with Crippen molar-refractivity contribution in [3.63, 3.8) is 0 Å². The second-order valence-corrected chi connectivity index (χ2v) is 9.95. The number of carbonyl (C=O) groups excluding carboxylic acids is 3. The summed E-state index contributed by atoms with van der Waals surface area (Å²) >= 11 is 0. The second-order valence-electron chi connectivity index (χ2n) is 8.27. The smallest absolute Gasteiger partial charge is 0.261 e. The molecule has 3 aromatic carbocycles. The molecule has 34 heavy (non-hydrogen) atoms. The lowest BCUT2D eigenvalue weighted by atomic mass is 10.0. The Kier molecular flexibility index (Phi) is 5.41. The summed E-state index contributed by atoms with van der Waals surface area (Å²) in [6, 6.07) is 20.2. The molecule has 0 aliphatic carbocycles. The molecule has 2 aliphatic rings. The van der Waals surface area contributed by atoms with Gasteiger partial charge in [-0.15, -0.1) is 0 Å². The molecule has 0 radical (unpaired) electrons. The maximum Gasteiger partial charge on any atom is 0.261 e. The topological polar surface area (TPSA) is 113 Å². The van der Waals surface area contributed by atoms with Gasteiger partial charge in [0.25, 0.3) is 15.9 Å². The first kappa shape index (κ1) is 21.8. The highest BCUT2D eigenvalue weighted by atomic mass is 32.2. The zero-order chi connectivity index (χ0) is 23.9. The molecule has 2 heterocycles. The van der Waals surface area contributed by atoms with Crippen molar-refractivity contribution in [2.75, 3.05) is 4.72 Å². The number of imide groups is 1. The van der Waals surface area contributed by atoms with Gasteiger partial charge in [0.2, 0.25) is 11.8 Å². The van der Waals surface area contributed by atoms with Gasteiger partial charge in [0, 0.05) is 24.2 Å². The van der Waals surface area contributed by atoms with Crippen LogP contribution in [0.1, 0.15) is 28.8 Å². The minimum absolute atomic E-state index is 0.119. The van der Waals surface area contributed by atoms with Crippen LogP contribution in [0.25, 0.3) is 11.1 Å². The fourth-order valence-electron chi connectivity index (χ4n) is 4.31. The predicted molar refractivity (Wildman–Crippen MR) is 125 cm³/mol. The van der Waals surface area contributed by atoms with Crippen LogP contribution in [0.5, 0.6) is 0 Å². The van der Waals surface area contributed by atoms with Gasteiger partial charge in [-0.05, 0) is 53.4 Å². The number of hydrogen-bond donors (Lipinski definition) is 2. The van der Waals surface area contributed by atoms with Crippen molar-refractivity contribution in [3.05, 3.63) is 83.9 Å². The summed E-state index contributed by atoms with van der Waals surface area (Å²) in [5.41, 5.74) is 3.25. The average Bonchev–Trinajstić information content (AvgIpc) is 3.15. The van der Waals surface area contributed by atoms with E-state index in [0.717, 1.165) is 11.1 Å². The highest BCUT2D eigenvalue weighted by Crippen LogP contribution is 2.30. The molecule has 0 saturated carbocycles. The van der Waals surface area contributed by atoms with Crippen LogP contribution >= 0.6 is 0 Å². The van der Waals surface area contributed by atoms with Crippen LogP contribution < -0.4 is 10.0 Å². The summed E-state index contributed by atoms with van der Waals surface area (Å²) in [6.45, 7) is 0.168. The zero-order valence-electron chi connectivity index (χ0n) is 18.0. The largest absolute Gasteiger partial charge is 0.322 e. The number of amides is 3. The Labute approximate surface area is 196 Å². The van der Waals surface area contributed by atoms with E-state index in [1.54, 1.807) is 36.4 Å². The third-order valence-electron chi connectivity index (χ3n) is 6.05. The number of benzene rings is 3. The third kappa shape index (κ3) is 4.06. The normalized spacial score (nSPS) is 17.9. The number of sulfonamides is 1. The molecule has 2 aliphatic heterocycles. The standard InChI is InChI=1S/C25H21N3O5S/c29-23-13-12-22(24(30)26-23)28-15-18-14-19(8-11-21(18)25(28)31)27-34(32,33)20-9-6-17(7-10-20)16-4-2-1-3-5-16/h1-11,14,22,27H,12-13,15H2,(H,26,29,30). The number of nitrogens with one attached hydrogen (secondary N) is 2. The van der Waals surface area contributed by atoms with E-state index >= 15 is 0 Å². The number of carbonyl (C=O) groups is 3. The molecule has 2 N–H and O–H groups in total. The number of fused-ring (bicyclic) bond motifs is 1.